The van der Waals surface area contributed by atoms with Crippen molar-refractivity contribution in [2.75, 3.05) is 26.8 Å². The zero-order chi connectivity index (χ0) is 24.9. The van der Waals surface area contributed by atoms with Crippen molar-refractivity contribution in [2.24, 2.45) is 0 Å². The minimum absolute atomic E-state index is 0.0457. The van der Waals surface area contributed by atoms with Crippen LogP contribution in [0.15, 0.2) is 48.7 Å². The summed E-state index contributed by atoms with van der Waals surface area (Å²) in [5, 5.41) is 0. The molecule has 3 rings (SSSR count). The fraction of sp³-hybridized carbons (Fsp3) is 0.586. The Morgan fingerprint density at radius 1 is 1.00 bits per heavy atom. The molecule has 0 radical (unpaired) electrons. The van der Waals surface area contributed by atoms with E-state index >= 15 is 0 Å². The van der Waals surface area contributed by atoms with E-state index in [9.17, 15) is 9.59 Å². The second-order valence-corrected chi connectivity index (χ2v) is 9.69. The summed E-state index contributed by atoms with van der Waals surface area (Å²) in [6, 6.07) is 14.8. The van der Waals surface area contributed by atoms with Crippen LogP contribution in [0.3, 0.4) is 0 Å². The van der Waals surface area contributed by atoms with Gasteiger partial charge in [-0.3, -0.25) is 9.59 Å². The molecule has 0 spiro atoms. The van der Waals surface area contributed by atoms with Gasteiger partial charge >= 0.3 is 0 Å². The quantitative estimate of drug-likeness (QED) is 0.346. The molecule has 2 aromatic rings. The topological polar surface area (TPSA) is 54.8 Å². The SMILES string of the molecule is CCCCCC(=O)N(CCOC)CC(=O)N(Cc1cccn1Cc1ccccc1)C1CCCCC1. The molecule has 1 aliphatic rings. The number of unbranched alkanes of at least 4 members (excludes halogenated alkanes) is 2. The number of carbonyl (C=O) groups is 2. The number of aromatic nitrogens is 1. The molecule has 0 bridgehead atoms. The van der Waals surface area contributed by atoms with Crippen molar-refractivity contribution in [3.8, 4) is 0 Å². The fourth-order valence-electron chi connectivity index (χ4n) is 4.95. The van der Waals surface area contributed by atoms with Gasteiger partial charge in [-0.1, -0.05) is 69.4 Å². The third kappa shape index (κ3) is 8.53. The van der Waals surface area contributed by atoms with Crippen molar-refractivity contribution in [2.45, 2.75) is 83.8 Å². The number of hydrogen-bond acceptors (Lipinski definition) is 3. The maximum Gasteiger partial charge on any atom is 0.242 e. The molecule has 1 heterocycles. The third-order valence-electron chi connectivity index (χ3n) is 7.03. The van der Waals surface area contributed by atoms with Crippen molar-refractivity contribution in [1.29, 1.82) is 0 Å². The number of amides is 2. The van der Waals surface area contributed by atoms with Gasteiger partial charge in [0.05, 0.1) is 19.7 Å². The predicted octanol–water partition coefficient (Wildman–Crippen LogP) is 5.25. The molecular weight excluding hydrogens is 438 g/mol. The van der Waals surface area contributed by atoms with Gasteiger partial charge in [-0.25, -0.2) is 0 Å². The van der Waals surface area contributed by atoms with Gasteiger partial charge < -0.3 is 19.1 Å². The largest absolute Gasteiger partial charge is 0.383 e. The predicted molar refractivity (Wildman–Crippen MR) is 140 cm³/mol. The molecule has 192 valence electrons. The number of carbonyl (C=O) groups excluding carboxylic acids is 2. The minimum Gasteiger partial charge on any atom is -0.383 e. The number of methoxy groups -OCH3 is 1. The average Bonchev–Trinajstić information content (AvgIpc) is 3.32. The van der Waals surface area contributed by atoms with Gasteiger partial charge in [0.25, 0.3) is 0 Å². The Bertz CT molecular complexity index is 890. The zero-order valence-electron chi connectivity index (χ0n) is 21.7. The van der Waals surface area contributed by atoms with E-state index in [0.29, 0.717) is 26.1 Å². The highest BCUT2D eigenvalue weighted by Crippen LogP contribution is 2.25. The van der Waals surface area contributed by atoms with E-state index in [1.54, 1.807) is 12.0 Å². The number of hydrogen-bond donors (Lipinski definition) is 0. The molecule has 0 atom stereocenters. The average molecular weight is 482 g/mol. The highest BCUT2D eigenvalue weighted by atomic mass is 16.5. The number of ether oxygens (including phenoxy) is 1. The van der Waals surface area contributed by atoms with E-state index in [0.717, 1.165) is 57.2 Å². The lowest BCUT2D eigenvalue weighted by atomic mass is 9.94. The Balaban J connectivity index is 1.74. The molecule has 0 aliphatic heterocycles. The molecule has 1 aromatic carbocycles. The van der Waals surface area contributed by atoms with E-state index in [1.165, 1.54) is 12.0 Å². The van der Waals surface area contributed by atoms with Gasteiger partial charge in [0, 0.05) is 44.6 Å². The molecule has 0 unspecified atom stereocenters. The normalized spacial score (nSPS) is 14.1. The molecule has 2 amide bonds. The Morgan fingerprint density at radius 2 is 1.77 bits per heavy atom. The maximum absolute atomic E-state index is 13.7. The first kappa shape index (κ1) is 27.0. The van der Waals surface area contributed by atoms with E-state index in [-0.39, 0.29) is 24.4 Å². The molecule has 6 nitrogen and oxygen atoms in total. The van der Waals surface area contributed by atoms with E-state index in [2.05, 4.69) is 59.0 Å². The standard InChI is InChI=1S/C29H43N3O3/c1-3-4-7-18-28(33)31(20-21-35-2)24-29(34)32(26-15-10-6-11-16-26)23-27-17-12-19-30(27)22-25-13-8-5-9-14-25/h5,8-9,12-14,17,19,26H,3-4,6-7,10-11,15-16,18,20-24H2,1-2H3. The first-order chi connectivity index (χ1) is 17.1. The van der Waals surface area contributed by atoms with Gasteiger partial charge in [-0.05, 0) is 37.0 Å². The lowest BCUT2D eigenvalue weighted by Gasteiger charge is -2.36. The summed E-state index contributed by atoms with van der Waals surface area (Å²) in [6.45, 7) is 4.51. The van der Waals surface area contributed by atoms with Crippen LogP contribution in [-0.4, -0.2) is 59.0 Å². The second kappa shape index (κ2) is 14.7. The Morgan fingerprint density at radius 3 is 2.49 bits per heavy atom. The van der Waals surface area contributed by atoms with Crippen LogP contribution in [0.25, 0.3) is 0 Å². The molecule has 6 heteroatoms. The molecule has 0 N–H and O–H groups in total. The second-order valence-electron chi connectivity index (χ2n) is 9.69. The first-order valence-electron chi connectivity index (χ1n) is 13.4. The molecule has 1 aromatic heterocycles. The van der Waals surface area contributed by atoms with E-state index in [4.69, 9.17) is 4.74 Å². The fourth-order valence-corrected chi connectivity index (χ4v) is 4.95. The van der Waals surface area contributed by atoms with Gasteiger partial charge in [-0.15, -0.1) is 0 Å². The van der Waals surface area contributed by atoms with Gasteiger partial charge in [0.2, 0.25) is 11.8 Å². The van der Waals surface area contributed by atoms with Crippen molar-refractivity contribution in [3.05, 3.63) is 59.9 Å². The van der Waals surface area contributed by atoms with E-state index in [1.807, 2.05) is 6.07 Å². The van der Waals surface area contributed by atoms with Crippen LogP contribution in [0.2, 0.25) is 0 Å². The Hall–Kier alpha value is -2.60. The smallest absolute Gasteiger partial charge is 0.242 e. The zero-order valence-corrected chi connectivity index (χ0v) is 21.7. The summed E-state index contributed by atoms with van der Waals surface area (Å²) in [5.74, 6) is 0.101. The number of nitrogens with zero attached hydrogens (tertiary/aromatic N) is 3. The molecule has 0 saturated heterocycles. The van der Waals surface area contributed by atoms with Crippen LogP contribution in [0, 0.1) is 0 Å². The van der Waals surface area contributed by atoms with Crippen LogP contribution in [0.5, 0.6) is 0 Å². The van der Waals surface area contributed by atoms with Crippen LogP contribution in [0.4, 0.5) is 0 Å². The van der Waals surface area contributed by atoms with Gasteiger partial charge in [-0.2, -0.15) is 0 Å². The first-order valence-corrected chi connectivity index (χ1v) is 13.4. The van der Waals surface area contributed by atoms with Gasteiger partial charge in [0.1, 0.15) is 0 Å². The molecular formula is C29H43N3O3. The monoisotopic (exact) mass is 481 g/mol. The van der Waals surface area contributed by atoms with Crippen LogP contribution < -0.4 is 0 Å². The Labute approximate surface area is 211 Å². The highest BCUT2D eigenvalue weighted by Gasteiger charge is 2.28. The minimum atomic E-state index is 0.0457. The Kier molecular flexibility index (Phi) is 11.4. The summed E-state index contributed by atoms with van der Waals surface area (Å²) in [4.78, 5) is 30.4. The van der Waals surface area contributed by atoms with Gasteiger partial charge in [0.15, 0.2) is 0 Å². The molecule has 35 heavy (non-hydrogen) atoms. The van der Waals surface area contributed by atoms with Crippen LogP contribution in [-0.2, 0) is 27.4 Å². The van der Waals surface area contributed by atoms with Crippen molar-refractivity contribution in [3.63, 3.8) is 0 Å². The molecule has 1 fully saturated rings. The summed E-state index contributed by atoms with van der Waals surface area (Å²) < 4.78 is 7.48. The summed E-state index contributed by atoms with van der Waals surface area (Å²) in [7, 11) is 1.64. The van der Waals surface area contributed by atoms with Crippen molar-refractivity contribution >= 4 is 11.8 Å². The maximum atomic E-state index is 13.7. The molecule has 1 aliphatic carbocycles. The molecule has 1 saturated carbocycles. The lowest BCUT2D eigenvalue weighted by molar-refractivity contribution is -0.143. The number of benzene rings is 1. The van der Waals surface area contributed by atoms with Crippen LogP contribution in [0.1, 0.15) is 76.0 Å². The number of rotatable bonds is 14. The van der Waals surface area contributed by atoms with Crippen LogP contribution >= 0.6 is 0 Å². The lowest BCUT2D eigenvalue weighted by Crippen LogP contribution is -2.48. The third-order valence-corrected chi connectivity index (χ3v) is 7.03. The van der Waals surface area contributed by atoms with E-state index < -0.39 is 0 Å². The summed E-state index contributed by atoms with van der Waals surface area (Å²) in [6.07, 6.45) is 11.2. The summed E-state index contributed by atoms with van der Waals surface area (Å²) in [5.41, 5.74) is 2.37. The highest BCUT2D eigenvalue weighted by molar-refractivity contribution is 5.85. The van der Waals surface area contributed by atoms with Crippen molar-refractivity contribution < 1.29 is 14.3 Å². The van der Waals surface area contributed by atoms with Crippen molar-refractivity contribution in [1.82, 2.24) is 14.4 Å². The summed E-state index contributed by atoms with van der Waals surface area (Å²) >= 11 is 0.